The maximum absolute atomic E-state index is 12.0. The summed E-state index contributed by atoms with van der Waals surface area (Å²) >= 11 is 0. The van der Waals surface area contributed by atoms with Crippen LogP contribution >= 0.6 is 0 Å². The third kappa shape index (κ3) is 6.48. The van der Waals surface area contributed by atoms with Gasteiger partial charge in [-0.2, -0.15) is 5.26 Å². The van der Waals surface area contributed by atoms with Crippen LogP contribution in [0.4, 0.5) is 5.69 Å². The van der Waals surface area contributed by atoms with Crippen molar-refractivity contribution in [2.45, 2.75) is 32.7 Å². The highest BCUT2D eigenvalue weighted by Gasteiger charge is 2.05. The molecule has 128 valence electrons. The zero-order valence-electron chi connectivity index (χ0n) is 14.2. The molecule has 2 aromatic rings. The van der Waals surface area contributed by atoms with Gasteiger partial charge in [0.1, 0.15) is 6.42 Å². The number of carbonyl (C=O) groups excluding carboxylic acids is 2. The van der Waals surface area contributed by atoms with Crippen LogP contribution in [-0.2, 0) is 22.6 Å². The normalized spacial score (nSPS) is 9.92. The first-order chi connectivity index (χ1) is 12.1. The van der Waals surface area contributed by atoms with E-state index in [9.17, 15) is 9.59 Å². The number of nitrogens with one attached hydrogen (secondary N) is 2. The van der Waals surface area contributed by atoms with Gasteiger partial charge < -0.3 is 10.6 Å². The number of anilines is 1. The number of hydrogen-bond acceptors (Lipinski definition) is 3. The van der Waals surface area contributed by atoms with Crippen molar-refractivity contribution in [3.05, 3.63) is 65.2 Å². The van der Waals surface area contributed by atoms with E-state index in [1.54, 1.807) is 24.3 Å². The van der Waals surface area contributed by atoms with Crippen molar-refractivity contribution >= 4 is 17.5 Å². The minimum atomic E-state index is -0.346. The molecule has 2 rings (SSSR count). The topological polar surface area (TPSA) is 82.0 Å². The van der Waals surface area contributed by atoms with Gasteiger partial charge in [0.15, 0.2) is 0 Å². The molecular weight excluding hydrogens is 314 g/mol. The summed E-state index contributed by atoms with van der Waals surface area (Å²) in [6, 6.07) is 17.2. The number of carbonyl (C=O) groups is 2. The van der Waals surface area contributed by atoms with Crippen LogP contribution in [-0.4, -0.2) is 11.8 Å². The van der Waals surface area contributed by atoms with Crippen molar-refractivity contribution in [3.63, 3.8) is 0 Å². The van der Waals surface area contributed by atoms with Crippen LogP contribution in [0.1, 0.15) is 29.5 Å². The highest BCUT2D eigenvalue weighted by Crippen LogP contribution is 2.11. The zero-order chi connectivity index (χ0) is 18.1. The number of hydrogen-bond donors (Lipinski definition) is 2. The maximum Gasteiger partial charge on any atom is 0.238 e. The van der Waals surface area contributed by atoms with E-state index in [2.05, 4.69) is 16.7 Å². The molecule has 0 atom stereocenters. The number of benzene rings is 2. The van der Waals surface area contributed by atoms with Crippen LogP contribution in [0.2, 0.25) is 0 Å². The zero-order valence-corrected chi connectivity index (χ0v) is 14.2. The summed E-state index contributed by atoms with van der Waals surface area (Å²) < 4.78 is 0. The summed E-state index contributed by atoms with van der Waals surface area (Å²) in [6.45, 7) is 2.43. The Labute approximate surface area is 147 Å². The fourth-order valence-electron chi connectivity index (χ4n) is 2.45. The van der Waals surface area contributed by atoms with Crippen LogP contribution < -0.4 is 10.6 Å². The van der Waals surface area contributed by atoms with E-state index < -0.39 is 0 Å². The van der Waals surface area contributed by atoms with Gasteiger partial charge in [0, 0.05) is 18.7 Å². The second kappa shape index (κ2) is 9.24. The van der Waals surface area contributed by atoms with Crippen molar-refractivity contribution in [2.75, 3.05) is 5.32 Å². The third-order valence-corrected chi connectivity index (χ3v) is 3.66. The molecule has 0 unspecified atom stereocenters. The summed E-state index contributed by atoms with van der Waals surface area (Å²) in [5.41, 5.74) is 3.84. The lowest BCUT2D eigenvalue weighted by molar-refractivity contribution is -0.121. The largest absolute Gasteiger partial charge is 0.352 e. The van der Waals surface area contributed by atoms with Crippen LogP contribution in [0.3, 0.4) is 0 Å². The van der Waals surface area contributed by atoms with E-state index in [0.717, 1.165) is 11.1 Å². The number of aryl methyl sites for hydroxylation is 2. The molecule has 0 radical (unpaired) electrons. The maximum atomic E-state index is 12.0. The molecule has 25 heavy (non-hydrogen) atoms. The van der Waals surface area contributed by atoms with Gasteiger partial charge in [0.2, 0.25) is 11.8 Å². The first-order valence-electron chi connectivity index (χ1n) is 8.15. The summed E-state index contributed by atoms with van der Waals surface area (Å²) in [7, 11) is 0. The standard InChI is InChI=1S/C20H21N3O2/c1-15-4-2-5-16(12-15)8-9-19(24)22-14-17-6-3-7-18(13-17)23-20(25)10-11-21/h2-7,12-13H,8-10,14H2,1H3,(H,22,24)(H,23,25). The van der Waals surface area contributed by atoms with Crippen LogP contribution in [0.25, 0.3) is 0 Å². The number of nitrogens with zero attached hydrogens (tertiary/aromatic N) is 1. The molecular formula is C20H21N3O2. The van der Waals surface area contributed by atoms with Crippen LogP contribution in [0, 0.1) is 18.3 Å². The molecule has 0 saturated heterocycles. The molecule has 0 aliphatic heterocycles. The number of amides is 2. The molecule has 5 heteroatoms. The Morgan fingerprint density at radius 3 is 2.56 bits per heavy atom. The van der Waals surface area contributed by atoms with Gasteiger partial charge in [-0.05, 0) is 36.6 Å². The van der Waals surface area contributed by atoms with Gasteiger partial charge in [-0.3, -0.25) is 9.59 Å². The van der Waals surface area contributed by atoms with E-state index in [1.807, 2.05) is 31.2 Å². The van der Waals surface area contributed by atoms with E-state index in [0.29, 0.717) is 25.1 Å². The molecule has 0 heterocycles. The fourth-order valence-corrected chi connectivity index (χ4v) is 2.45. The lowest BCUT2D eigenvalue weighted by atomic mass is 10.1. The van der Waals surface area contributed by atoms with E-state index in [1.165, 1.54) is 5.56 Å². The van der Waals surface area contributed by atoms with Gasteiger partial charge >= 0.3 is 0 Å². The summed E-state index contributed by atoms with van der Waals surface area (Å²) in [5.74, 6) is -0.359. The lowest BCUT2D eigenvalue weighted by Gasteiger charge is -2.08. The summed E-state index contributed by atoms with van der Waals surface area (Å²) in [6.07, 6.45) is 0.958. The van der Waals surface area contributed by atoms with Gasteiger partial charge in [-0.1, -0.05) is 42.0 Å². The molecule has 0 aliphatic carbocycles. The van der Waals surface area contributed by atoms with Crippen molar-refractivity contribution < 1.29 is 9.59 Å². The van der Waals surface area contributed by atoms with E-state index >= 15 is 0 Å². The van der Waals surface area contributed by atoms with E-state index in [-0.39, 0.29) is 18.2 Å². The number of nitriles is 1. The average Bonchev–Trinajstić information content (AvgIpc) is 2.59. The van der Waals surface area contributed by atoms with Gasteiger partial charge in [0.05, 0.1) is 6.07 Å². The average molecular weight is 335 g/mol. The summed E-state index contributed by atoms with van der Waals surface area (Å²) in [4.78, 5) is 23.4. The molecule has 0 spiro atoms. The van der Waals surface area contributed by atoms with Crippen molar-refractivity contribution in [3.8, 4) is 6.07 Å². The molecule has 0 aromatic heterocycles. The first kappa shape index (κ1) is 18.2. The van der Waals surface area contributed by atoms with E-state index in [4.69, 9.17) is 5.26 Å². The van der Waals surface area contributed by atoms with Gasteiger partial charge in [-0.15, -0.1) is 0 Å². The number of rotatable bonds is 7. The Morgan fingerprint density at radius 2 is 1.80 bits per heavy atom. The molecule has 2 aromatic carbocycles. The predicted octanol–water partition coefficient (Wildman–Crippen LogP) is 3.10. The fraction of sp³-hybridized carbons (Fsp3) is 0.250. The molecule has 2 N–H and O–H groups in total. The SMILES string of the molecule is Cc1cccc(CCC(=O)NCc2cccc(NC(=O)CC#N)c2)c1. The Bertz CT molecular complexity index is 794. The molecule has 0 fully saturated rings. The minimum absolute atomic E-state index is 0.0135. The predicted molar refractivity (Wildman–Crippen MR) is 96.6 cm³/mol. The van der Waals surface area contributed by atoms with Crippen LogP contribution in [0.5, 0.6) is 0 Å². The molecule has 0 bridgehead atoms. The quantitative estimate of drug-likeness (QED) is 0.816. The first-order valence-corrected chi connectivity index (χ1v) is 8.15. The highest BCUT2D eigenvalue weighted by molar-refractivity contribution is 5.92. The molecule has 0 aliphatic rings. The van der Waals surface area contributed by atoms with Crippen LogP contribution in [0.15, 0.2) is 48.5 Å². The van der Waals surface area contributed by atoms with Crippen molar-refractivity contribution in [1.29, 1.82) is 5.26 Å². The second-order valence-electron chi connectivity index (χ2n) is 5.85. The highest BCUT2D eigenvalue weighted by atomic mass is 16.2. The van der Waals surface area contributed by atoms with Crippen molar-refractivity contribution in [1.82, 2.24) is 5.32 Å². The van der Waals surface area contributed by atoms with Gasteiger partial charge in [-0.25, -0.2) is 0 Å². The minimum Gasteiger partial charge on any atom is -0.352 e. The Morgan fingerprint density at radius 1 is 1.04 bits per heavy atom. The second-order valence-corrected chi connectivity index (χ2v) is 5.85. The third-order valence-electron chi connectivity index (χ3n) is 3.66. The Balaban J connectivity index is 1.81. The van der Waals surface area contributed by atoms with Crippen molar-refractivity contribution in [2.24, 2.45) is 0 Å². The molecule has 2 amide bonds. The monoisotopic (exact) mass is 335 g/mol. The lowest BCUT2D eigenvalue weighted by Crippen LogP contribution is -2.23. The summed E-state index contributed by atoms with van der Waals surface area (Å²) in [5, 5.41) is 14.0. The molecule has 5 nitrogen and oxygen atoms in total. The van der Waals surface area contributed by atoms with Gasteiger partial charge in [0.25, 0.3) is 0 Å². The Kier molecular flexibility index (Phi) is 6.73. The molecule has 0 saturated carbocycles. The Hall–Kier alpha value is -3.13. The smallest absolute Gasteiger partial charge is 0.238 e.